The summed E-state index contributed by atoms with van der Waals surface area (Å²) in [7, 11) is 1.64. The van der Waals surface area contributed by atoms with Crippen molar-refractivity contribution in [3.63, 3.8) is 0 Å². The van der Waals surface area contributed by atoms with Crippen LogP contribution in [0.15, 0.2) is 36.4 Å². The summed E-state index contributed by atoms with van der Waals surface area (Å²) in [6, 6.07) is 5.82. The molecule has 0 fully saturated rings. The van der Waals surface area contributed by atoms with Crippen LogP contribution in [0.2, 0.25) is 0 Å². The van der Waals surface area contributed by atoms with E-state index in [2.05, 4.69) is 6.58 Å². The Bertz CT molecular complexity index is 456. The van der Waals surface area contributed by atoms with Crippen molar-refractivity contribution < 1.29 is 9.53 Å². The molecule has 1 aliphatic rings. The van der Waals surface area contributed by atoms with E-state index in [1.165, 1.54) is 0 Å². The SMILES string of the molecule is C=C1C(C=O)=CCc2cc(OC)ccc21. The number of rotatable bonds is 2. The van der Waals surface area contributed by atoms with Gasteiger partial charge in [-0.3, -0.25) is 4.79 Å². The summed E-state index contributed by atoms with van der Waals surface area (Å²) in [4.78, 5) is 10.7. The van der Waals surface area contributed by atoms with Gasteiger partial charge in [-0.05, 0) is 35.3 Å². The Morgan fingerprint density at radius 3 is 2.93 bits per heavy atom. The largest absolute Gasteiger partial charge is 0.497 e. The van der Waals surface area contributed by atoms with Crippen molar-refractivity contribution in [1.82, 2.24) is 0 Å². The summed E-state index contributed by atoms with van der Waals surface area (Å²) in [6.07, 6.45) is 3.52. The van der Waals surface area contributed by atoms with Crippen molar-refractivity contribution in [2.45, 2.75) is 6.42 Å². The Balaban J connectivity index is 2.47. The zero-order valence-corrected chi connectivity index (χ0v) is 8.62. The Hall–Kier alpha value is -1.83. The second-order valence-electron chi connectivity index (χ2n) is 3.48. The van der Waals surface area contributed by atoms with Crippen molar-refractivity contribution in [3.05, 3.63) is 47.6 Å². The van der Waals surface area contributed by atoms with Gasteiger partial charge in [0.05, 0.1) is 7.11 Å². The Morgan fingerprint density at radius 1 is 1.47 bits per heavy atom. The minimum absolute atomic E-state index is 0.688. The lowest BCUT2D eigenvalue weighted by Gasteiger charge is -2.17. The van der Waals surface area contributed by atoms with Crippen molar-refractivity contribution in [1.29, 1.82) is 0 Å². The lowest BCUT2D eigenvalue weighted by molar-refractivity contribution is -0.104. The van der Waals surface area contributed by atoms with E-state index in [4.69, 9.17) is 4.74 Å². The molecule has 0 amide bonds. The van der Waals surface area contributed by atoms with Gasteiger partial charge >= 0.3 is 0 Å². The molecule has 0 N–H and O–H groups in total. The molecule has 2 rings (SSSR count). The molecular weight excluding hydrogens is 188 g/mol. The van der Waals surface area contributed by atoms with E-state index in [1.54, 1.807) is 7.11 Å². The smallest absolute Gasteiger partial charge is 0.150 e. The summed E-state index contributed by atoms with van der Waals surface area (Å²) in [5.41, 5.74) is 3.69. The Kier molecular flexibility index (Phi) is 2.42. The molecule has 1 aromatic carbocycles. The molecule has 0 atom stereocenters. The molecule has 0 bridgehead atoms. The first-order chi connectivity index (χ1) is 7.26. The maximum atomic E-state index is 10.7. The summed E-state index contributed by atoms with van der Waals surface area (Å²) >= 11 is 0. The second-order valence-corrected chi connectivity index (χ2v) is 3.48. The second kappa shape index (κ2) is 3.73. The number of benzene rings is 1. The number of ether oxygens (including phenoxy) is 1. The van der Waals surface area contributed by atoms with Gasteiger partial charge in [-0.1, -0.05) is 18.7 Å². The molecule has 0 aromatic heterocycles. The number of aldehydes is 1. The number of carbonyl (C=O) groups is 1. The standard InChI is InChI=1S/C13H12O2/c1-9-11(8-14)4-3-10-7-12(15-2)5-6-13(9)10/h4-8H,1,3H2,2H3. The predicted octanol–water partition coefficient (Wildman–Crippen LogP) is 2.39. The van der Waals surface area contributed by atoms with Crippen LogP contribution in [0.4, 0.5) is 0 Å². The minimum Gasteiger partial charge on any atom is -0.497 e. The van der Waals surface area contributed by atoms with E-state index >= 15 is 0 Å². The first-order valence-electron chi connectivity index (χ1n) is 4.78. The number of hydrogen-bond acceptors (Lipinski definition) is 2. The highest BCUT2D eigenvalue weighted by Gasteiger charge is 2.14. The fourth-order valence-electron chi connectivity index (χ4n) is 1.78. The van der Waals surface area contributed by atoms with Crippen molar-refractivity contribution in [2.75, 3.05) is 7.11 Å². The lowest BCUT2D eigenvalue weighted by atomic mass is 9.88. The average molecular weight is 200 g/mol. The van der Waals surface area contributed by atoms with Gasteiger partial charge < -0.3 is 4.74 Å². The third-order valence-corrected chi connectivity index (χ3v) is 2.65. The molecule has 15 heavy (non-hydrogen) atoms. The van der Waals surface area contributed by atoms with Gasteiger partial charge in [0.25, 0.3) is 0 Å². The third kappa shape index (κ3) is 1.59. The van der Waals surface area contributed by atoms with Gasteiger partial charge in [0.15, 0.2) is 0 Å². The van der Waals surface area contributed by atoms with E-state index < -0.39 is 0 Å². The molecule has 0 radical (unpaired) electrons. The molecule has 76 valence electrons. The maximum Gasteiger partial charge on any atom is 0.150 e. The van der Waals surface area contributed by atoms with Crippen LogP contribution in [-0.4, -0.2) is 13.4 Å². The summed E-state index contributed by atoms with van der Waals surface area (Å²) in [6.45, 7) is 3.92. The molecule has 0 saturated heterocycles. The van der Waals surface area contributed by atoms with E-state index in [0.29, 0.717) is 5.57 Å². The zero-order valence-electron chi connectivity index (χ0n) is 8.62. The fourth-order valence-corrected chi connectivity index (χ4v) is 1.78. The average Bonchev–Trinajstić information content (AvgIpc) is 2.29. The highest BCUT2D eigenvalue weighted by molar-refractivity contribution is 5.99. The van der Waals surface area contributed by atoms with Crippen LogP contribution in [-0.2, 0) is 11.2 Å². The topological polar surface area (TPSA) is 26.3 Å². The molecule has 0 aliphatic heterocycles. The summed E-state index contributed by atoms with van der Waals surface area (Å²) < 4.78 is 5.15. The molecule has 0 unspecified atom stereocenters. The van der Waals surface area contributed by atoms with Crippen LogP contribution in [0, 0.1) is 0 Å². The van der Waals surface area contributed by atoms with E-state index in [1.807, 2.05) is 24.3 Å². The van der Waals surface area contributed by atoms with Gasteiger partial charge in [-0.2, -0.15) is 0 Å². The molecule has 2 nitrogen and oxygen atoms in total. The quantitative estimate of drug-likeness (QED) is 0.685. The molecule has 0 saturated carbocycles. The van der Waals surface area contributed by atoms with Gasteiger partial charge in [0.1, 0.15) is 12.0 Å². The van der Waals surface area contributed by atoms with E-state index in [9.17, 15) is 4.79 Å². The zero-order chi connectivity index (χ0) is 10.8. The van der Waals surface area contributed by atoms with Gasteiger partial charge in [0.2, 0.25) is 0 Å². The summed E-state index contributed by atoms with van der Waals surface area (Å²) in [5.74, 6) is 0.838. The van der Waals surface area contributed by atoms with Crippen LogP contribution < -0.4 is 4.74 Å². The number of fused-ring (bicyclic) bond motifs is 1. The van der Waals surface area contributed by atoms with Gasteiger partial charge in [0, 0.05) is 5.57 Å². The fraction of sp³-hybridized carbons (Fsp3) is 0.154. The lowest BCUT2D eigenvalue weighted by Crippen LogP contribution is -2.02. The van der Waals surface area contributed by atoms with Crippen LogP contribution in [0.1, 0.15) is 11.1 Å². The third-order valence-electron chi connectivity index (χ3n) is 2.65. The highest BCUT2D eigenvalue weighted by Crippen LogP contribution is 2.31. The first-order valence-corrected chi connectivity index (χ1v) is 4.78. The van der Waals surface area contributed by atoms with Gasteiger partial charge in [-0.25, -0.2) is 0 Å². The maximum absolute atomic E-state index is 10.7. The summed E-state index contributed by atoms with van der Waals surface area (Å²) in [5, 5.41) is 0. The van der Waals surface area contributed by atoms with Crippen molar-refractivity contribution >= 4 is 11.9 Å². The van der Waals surface area contributed by atoms with Crippen molar-refractivity contribution in [2.24, 2.45) is 0 Å². The van der Waals surface area contributed by atoms with Gasteiger partial charge in [-0.15, -0.1) is 0 Å². The minimum atomic E-state index is 0.688. The van der Waals surface area contributed by atoms with E-state index in [-0.39, 0.29) is 0 Å². The van der Waals surface area contributed by atoms with Crippen molar-refractivity contribution in [3.8, 4) is 5.75 Å². The number of hydrogen-bond donors (Lipinski definition) is 0. The molecular formula is C13H12O2. The Morgan fingerprint density at radius 2 is 2.27 bits per heavy atom. The van der Waals surface area contributed by atoms with Crippen LogP contribution in [0.25, 0.3) is 5.57 Å². The van der Waals surface area contributed by atoms with Crippen LogP contribution in [0.5, 0.6) is 5.75 Å². The Labute approximate surface area is 88.9 Å². The molecule has 1 aliphatic carbocycles. The number of methoxy groups -OCH3 is 1. The first kappa shape index (κ1) is 9.71. The van der Waals surface area contributed by atoms with E-state index in [0.717, 1.165) is 35.2 Å². The molecule has 0 spiro atoms. The predicted molar refractivity (Wildman–Crippen MR) is 59.9 cm³/mol. The van der Waals surface area contributed by atoms with Crippen LogP contribution >= 0.6 is 0 Å². The monoisotopic (exact) mass is 200 g/mol. The molecule has 2 heteroatoms. The normalized spacial score (nSPS) is 14.2. The molecule has 1 aromatic rings. The highest BCUT2D eigenvalue weighted by atomic mass is 16.5. The molecule has 0 heterocycles. The number of allylic oxidation sites excluding steroid dienone is 3. The number of carbonyl (C=O) groups excluding carboxylic acids is 1. The van der Waals surface area contributed by atoms with Crippen LogP contribution in [0.3, 0.4) is 0 Å².